The molecule has 2 rings (SSSR count). The highest BCUT2D eigenvalue weighted by atomic mass is 28.3. The van der Waals surface area contributed by atoms with Gasteiger partial charge in [0.25, 0.3) is 0 Å². The molecule has 2 aromatic carbocycles. The standard InChI is InChI=1S/C25H31NO4Si/c1-19(25(29)30-2)26(18-21-12-8-11-20-10-6-7-14-23(20)21)24(28)15-9-13-22(27)16-17-31(3,4)5/h6-8,10-12,14,19H,9,13,15,18H2,1-5H3. The van der Waals surface area contributed by atoms with E-state index in [0.717, 1.165) is 16.3 Å². The van der Waals surface area contributed by atoms with Gasteiger partial charge in [-0.2, -0.15) is 0 Å². The number of carbonyl (C=O) groups excluding carboxylic acids is 3. The van der Waals surface area contributed by atoms with Gasteiger partial charge in [-0.3, -0.25) is 9.59 Å². The summed E-state index contributed by atoms with van der Waals surface area (Å²) in [6.07, 6.45) is 0.808. The number of fused-ring (bicyclic) bond motifs is 1. The summed E-state index contributed by atoms with van der Waals surface area (Å²) in [6.45, 7) is 8.20. The first-order valence-electron chi connectivity index (χ1n) is 10.5. The molecule has 1 atom stereocenters. The first kappa shape index (κ1) is 24.4. The van der Waals surface area contributed by atoms with E-state index >= 15 is 0 Å². The van der Waals surface area contributed by atoms with Gasteiger partial charge < -0.3 is 9.64 Å². The number of ether oxygens (including phenoxy) is 1. The van der Waals surface area contributed by atoms with Crippen molar-refractivity contribution in [2.24, 2.45) is 0 Å². The second-order valence-electron chi connectivity index (χ2n) is 8.64. The van der Waals surface area contributed by atoms with Crippen molar-refractivity contribution in [1.82, 2.24) is 4.90 Å². The molecule has 164 valence electrons. The van der Waals surface area contributed by atoms with E-state index in [9.17, 15) is 14.4 Å². The molecule has 0 fully saturated rings. The van der Waals surface area contributed by atoms with Gasteiger partial charge in [0, 0.05) is 19.4 Å². The summed E-state index contributed by atoms with van der Waals surface area (Å²) in [4.78, 5) is 38.8. The van der Waals surface area contributed by atoms with Gasteiger partial charge in [-0.15, -0.1) is 5.54 Å². The van der Waals surface area contributed by atoms with Gasteiger partial charge in [0.1, 0.15) is 14.1 Å². The molecule has 0 aliphatic heterocycles. The molecule has 0 bridgehead atoms. The minimum absolute atomic E-state index is 0.142. The van der Waals surface area contributed by atoms with Crippen LogP contribution < -0.4 is 0 Å². The average Bonchev–Trinajstić information content (AvgIpc) is 2.74. The molecule has 0 aromatic heterocycles. The van der Waals surface area contributed by atoms with Crippen molar-refractivity contribution in [3.05, 3.63) is 48.0 Å². The van der Waals surface area contributed by atoms with Crippen LogP contribution in [0.2, 0.25) is 19.6 Å². The summed E-state index contributed by atoms with van der Waals surface area (Å²) in [7, 11) is -0.290. The molecule has 0 N–H and O–H groups in total. The zero-order chi connectivity index (χ0) is 23.0. The van der Waals surface area contributed by atoms with Crippen molar-refractivity contribution in [3.8, 4) is 11.5 Å². The van der Waals surface area contributed by atoms with E-state index in [2.05, 4.69) is 31.1 Å². The zero-order valence-corrected chi connectivity index (χ0v) is 20.0. The SMILES string of the molecule is COC(=O)C(C)N(Cc1cccc2ccccc12)C(=O)CCCC(=O)C#C[Si](C)(C)C. The third-order valence-electron chi connectivity index (χ3n) is 4.92. The molecule has 0 spiro atoms. The molecule has 31 heavy (non-hydrogen) atoms. The van der Waals surface area contributed by atoms with Crippen molar-refractivity contribution in [2.75, 3.05) is 7.11 Å². The quantitative estimate of drug-likeness (QED) is 0.350. The molecule has 6 heteroatoms. The van der Waals surface area contributed by atoms with Gasteiger partial charge in [-0.1, -0.05) is 62.1 Å². The number of hydrogen-bond acceptors (Lipinski definition) is 4. The van der Waals surface area contributed by atoms with E-state index in [0.29, 0.717) is 13.0 Å². The van der Waals surface area contributed by atoms with Crippen molar-refractivity contribution in [1.29, 1.82) is 0 Å². The van der Waals surface area contributed by atoms with Gasteiger partial charge in [0.15, 0.2) is 0 Å². The predicted molar refractivity (Wildman–Crippen MR) is 126 cm³/mol. The fourth-order valence-electron chi connectivity index (χ4n) is 3.22. The Morgan fingerprint density at radius 3 is 2.39 bits per heavy atom. The van der Waals surface area contributed by atoms with Crippen LogP contribution in [0.3, 0.4) is 0 Å². The highest BCUT2D eigenvalue weighted by molar-refractivity contribution is 6.84. The Bertz CT molecular complexity index is 1010. The maximum absolute atomic E-state index is 13.0. The number of hydrogen-bond donors (Lipinski definition) is 0. The smallest absolute Gasteiger partial charge is 0.328 e. The lowest BCUT2D eigenvalue weighted by Gasteiger charge is -2.28. The van der Waals surface area contributed by atoms with Gasteiger partial charge in [-0.25, -0.2) is 4.79 Å². The van der Waals surface area contributed by atoms with E-state index in [1.165, 1.54) is 12.0 Å². The molecule has 0 heterocycles. The second kappa shape index (κ2) is 10.9. The highest BCUT2D eigenvalue weighted by Crippen LogP contribution is 2.22. The van der Waals surface area contributed by atoms with E-state index in [1.807, 2.05) is 42.5 Å². The minimum atomic E-state index is -1.61. The van der Waals surface area contributed by atoms with Crippen molar-refractivity contribution in [3.63, 3.8) is 0 Å². The summed E-state index contributed by atoms with van der Waals surface area (Å²) in [5.74, 6) is 1.92. The van der Waals surface area contributed by atoms with Crippen LogP contribution in [0.25, 0.3) is 10.8 Å². The number of rotatable bonds is 8. The molecule has 1 amide bonds. The summed E-state index contributed by atoms with van der Waals surface area (Å²) in [6, 6.07) is 13.1. The Morgan fingerprint density at radius 2 is 1.71 bits per heavy atom. The maximum atomic E-state index is 13.0. The van der Waals surface area contributed by atoms with Gasteiger partial charge in [-0.05, 0) is 35.6 Å². The summed E-state index contributed by atoms with van der Waals surface area (Å²) in [5.41, 5.74) is 4.01. The number of Topliss-reactive ketones (excluding diaryl/α,β-unsaturated/α-hetero) is 1. The average molecular weight is 438 g/mol. The molecule has 1 unspecified atom stereocenters. The maximum Gasteiger partial charge on any atom is 0.328 e. The van der Waals surface area contributed by atoms with Gasteiger partial charge in [0.05, 0.1) is 7.11 Å². The Morgan fingerprint density at radius 1 is 1.03 bits per heavy atom. The first-order chi connectivity index (χ1) is 14.6. The molecule has 2 aromatic rings. The number of amides is 1. The van der Waals surface area contributed by atoms with Crippen molar-refractivity contribution >= 4 is 36.5 Å². The van der Waals surface area contributed by atoms with E-state index in [-0.39, 0.29) is 24.5 Å². The molecule has 0 aliphatic carbocycles. The third-order valence-corrected chi connectivity index (χ3v) is 5.80. The third kappa shape index (κ3) is 7.37. The van der Waals surface area contributed by atoms with E-state index < -0.39 is 20.1 Å². The monoisotopic (exact) mass is 437 g/mol. The second-order valence-corrected chi connectivity index (χ2v) is 13.4. The molecule has 5 nitrogen and oxygen atoms in total. The number of esters is 1. The summed E-state index contributed by atoms with van der Waals surface area (Å²) in [5, 5.41) is 2.11. The fourth-order valence-corrected chi connectivity index (χ4v) is 3.73. The zero-order valence-electron chi connectivity index (χ0n) is 19.0. The van der Waals surface area contributed by atoms with Crippen LogP contribution in [-0.4, -0.2) is 43.8 Å². The first-order valence-corrected chi connectivity index (χ1v) is 14.0. The molecule has 0 radical (unpaired) electrons. The number of methoxy groups -OCH3 is 1. The fraction of sp³-hybridized carbons (Fsp3) is 0.400. The Balaban J connectivity index is 2.14. The van der Waals surface area contributed by atoms with Crippen LogP contribution in [-0.2, 0) is 25.7 Å². The number of benzene rings is 2. The van der Waals surface area contributed by atoms with Crippen LogP contribution in [0.1, 0.15) is 31.7 Å². The van der Waals surface area contributed by atoms with Gasteiger partial charge in [0.2, 0.25) is 11.7 Å². The van der Waals surface area contributed by atoms with Crippen LogP contribution in [0.15, 0.2) is 42.5 Å². The molecular weight excluding hydrogens is 406 g/mol. The Hall–Kier alpha value is -2.91. The molecule has 0 saturated heterocycles. The van der Waals surface area contributed by atoms with Crippen molar-refractivity contribution < 1.29 is 19.1 Å². The lowest BCUT2D eigenvalue weighted by atomic mass is 10.0. The van der Waals surface area contributed by atoms with Crippen LogP contribution in [0.5, 0.6) is 0 Å². The Labute approximate surface area is 185 Å². The topological polar surface area (TPSA) is 63.7 Å². The van der Waals surface area contributed by atoms with Crippen LogP contribution >= 0.6 is 0 Å². The minimum Gasteiger partial charge on any atom is -0.467 e. The largest absolute Gasteiger partial charge is 0.467 e. The van der Waals surface area contributed by atoms with Crippen LogP contribution in [0, 0.1) is 11.5 Å². The van der Waals surface area contributed by atoms with E-state index in [1.54, 1.807) is 6.92 Å². The lowest BCUT2D eigenvalue weighted by Crippen LogP contribution is -2.43. The number of nitrogens with zero attached hydrogens (tertiary/aromatic N) is 1. The number of ketones is 1. The predicted octanol–water partition coefficient (Wildman–Crippen LogP) is 4.35. The molecule has 0 aliphatic rings. The lowest BCUT2D eigenvalue weighted by molar-refractivity contribution is -0.152. The van der Waals surface area contributed by atoms with Gasteiger partial charge >= 0.3 is 5.97 Å². The highest BCUT2D eigenvalue weighted by Gasteiger charge is 2.27. The van der Waals surface area contributed by atoms with Crippen molar-refractivity contribution in [2.45, 2.75) is 58.4 Å². The normalized spacial score (nSPS) is 11.9. The summed E-state index contributed by atoms with van der Waals surface area (Å²) < 4.78 is 4.87. The Kier molecular flexibility index (Phi) is 8.58. The summed E-state index contributed by atoms with van der Waals surface area (Å²) >= 11 is 0. The molecule has 0 saturated carbocycles. The number of carbonyl (C=O) groups is 3. The van der Waals surface area contributed by atoms with E-state index in [4.69, 9.17) is 4.74 Å². The van der Waals surface area contributed by atoms with Crippen LogP contribution in [0.4, 0.5) is 0 Å². The molecular formula is C25H31NO4Si.